The number of halogens is 1. The second-order valence-corrected chi connectivity index (χ2v) is 4.24. The van der Waals surface area contributed by atoms with E-state index in [0.717, 1.165) is 5.69 Å². The minimum atomic E-state index is -0.424. The van der Waals surface area contributed by atoms with Gasteiger partial charge >= 0.3 is 0 Å². The zero-order valence-corrected chi connectivity index (χ0v) is 10.5. The summed E-state index contributed by atoms with van der Waals surface area (Å²) >= 11 is 3.28. The van der Waals surface area contributed by atoms with Gasteiger partial charge in [0.05, 0.1) is 11.9 Å². The number of alkyl halides is 1. The van der Waals surface area contributed by atoms with Crippen LogP contribution in [0.5, 0.6) is 0 Å². The van der Waals surface area contributed by atoms with Crippen LogP contribution in [-0.4, -0.2) is 27.8 Å². The molecule has 90 valence electrons. The average Bonchev–Trinajstić information content (AvgIpc) is 2.33. The van der Waals surface area contributed by atoms with Crippen LogP contribution in [0.2, 0.25) is 0 Å². The van der Waals surface area contributed by atoms with Gasteiger partial charge in [0.15, 0.2) is 0 Å². The zero-order chi connectivity index (χ0) is 12.3. The smallest absolute Gasteiger partial charge is 0.249 e. The second kappa shape index (κ2) is 5.22. The Kier molecular flexibility index (Phi) is 3.68. The number of nitrogens with one attached hydrogen (secondary N) is 2. The summed E-state index contributed by atoms with van der Waals surface area (Å²) < 4.78 is 0. The number of piperidine rings is 1. The van der Waals surface area contributed by atoms with Crippen molar-refractivity contribution in [3.63, 3.8) is 0 Å². The molecule has 0 spiro atoms. The molecule has 2 amide bonds. The lowest BCUT2D eigenvalue weighted by Crippen LogP contribution is -2.47. The Morgan fingerprint density at radius 1 is 1.47 bits per heavy atom. The number of hydrogen-bond acceptors (Lipinski definition) is 5. The summed E-state index contributed by atoms with van der Waals surface area (Å²) in [4.78, 5) is 30.8. The van der Waals surface area contributed by atoms with E-state index in [1.807, 2.05) is 0 Å². The molecule has 0 aromatic carbocycles. The molecule has 1 aromatic rings. The average molecular weight is 299 g/mol. The van der Waals surface area contributed by atoms with Crippen LogP contribution in [0.25, 0.3) is 0 Å². The highest BCUT2D eigenvalue weighted by Crippen LogP contribution is 2.12. The van der Waals surface area contributed by atoms with E-state index in [4.69, 9.17) is 0 Å². The summed E-state index contributed by atoms with van der Waals surface area (Å²) in [7, 11) is 0. The first-order valence-corrected chi connectivity index (χ1v) is 6.28. The van der Waals surface area contributed by atoms with Gasteiger partial charge < -0.3 is 5.32 Å². The summed E-state index contributed by atoms with van der Waals surface area (Å²) in [6.45, 7) is 0. The standard InChI is InChI=1S/C10H11BrN4O2/c11-3-6-4-12-5-8(13-6)14-7-1-2-9(16)15-10(7)17/h4-5,7H,1-3H2,(H,13,14)(H,15,16,17). The van der Waals surface area contributed by atoms with Crippen LogP contribution in [0.4, 0.5) is 5.82 Å². The Hall–Kier alpha value is -1.50. The molecule has 0 bridgehead atoms. The van der Waals surface area contributed by atoms with Crippen LogP contribution in [0.3, 0.4) is 0 Å². The van der Waals surface area contributed by atoms with Crippen molar-refractivity contribution in [2.24, 2.45) is 0 Å². The third-order valence-corrected chi connectivity index (χ3v) is 2.96. The summed E-state index contributed by atoms with van der Waals surface area (Å²) in [6.07, 6.45) is 4.01. The lowest BCUT2D eigenvalue weighted by Gasteiger charge is -2.22. The highest BCUT2D eigenvalue weighted by atomic mass is 79.9. The molecule has 0 aliphatic carbocycles. The highest BCUT2D eigenvalue weighted by molar-refractivity contribution is 9.08. The van der Waals surface area contributed by atoms with Crippen molar-refractivity contribution < 1.29 is 9.59 Å². The molecule has 1 aromatic heterocycles. The monoisotopic (exact) mass is 298 g/mol. The number of rotatable bonds is 3. The van der Waals surface area contributed by atoms with Crippen molar-refractivity contribution in [3.05, 3.63) is 18.1 Å². The molecule has 1 fully saturated rings. The lowest BCUT2D eigenvalue weighted by molar-refractivity contribution is -0.133. The number of amides is 2. The fourth-order valence-corrected chi connectivity index (χ4v) is 1.82. The number of nitrogens with zero attached hydrogens (tertiary/aromatic N) is 2. The first-order chi connectivity index (χ1) is 8.19. The van der Waals surface area contributed by atoms with E-state index >= 15 is 0 Å². The summed E-state index contributed by atoms with van der Waals surface area (Å²) in [5.41, 5.74) is 0.780. The molecule has 1 unspecified atom stereocenters. The Bertz CT molecular complexity index is 452. The van der Waals surface area contributed by atoms with Crippen molar-refractivity contribution in [1.29, 1.82) is 0 Å². The first kappa shape index (κ1) is 12.0. The maximum Gasteiger partial charge on any atom is 0.249 e. The molecule has 1 aliphatic heterocycles. The molecule has 1 aliphatic rings. The predicted octanol–water partition coefficient (Wildman–Crippen LogP) is 0.589. The zero-order valence-electron chi connectivity index (χ0n) is 8.94. The van der Waals surface area contributed by atoms with Gasteiger partial charge in [-0.15, -0.1) is 0 Å². The third kappa shape index (κ3) is 3.00. The number of anilines is 1. The molecule has 0 radical (unpaired) electrons. The number of aromatic nitrogens is 2. The van der Waals surface area contributed by atoms with E-state index in [1.165, 1.54) is 0 Å². The number of imide groups is 1. The van der Waals surface area contributed by atoms with Gasteiger partial charge in [0.25, 0.3) is 0 Å². The van der Waals surface area contributed by atoms with Crippen LogP contribution < -0.4 is 10.6 Å². The molecule has 17 heavy (non-hydrogen) atoms. The van der Waals surface area contributed by atoms with Gasteiger partial charge in [0.2, 0.25) is 11.8 Å². The number of carbonyl (C=O) groups is 2. The topological polar surface area (TPSA) is 84.0 Å². The predicted molar refractivity (Wildman–Crippen MR) is 64.5 cm³/mol. The Morgan fingerprint density at radius 3 is 3.00 bits per heavy atom. The molecule has 1 saturated heterocycles. The Morgan fingerprint density at radius 2 is 2.29 bits per heavy atom. The molecule has 2 rings (SSSR count). The third-order valence-electron chi connectivity index (χ3n) is 2.38. The van der Waals surface area contributed by atoms with Crippen molar-refractivity contribution in [2.75, 3.05) is 5.32 Å². The second-order valence-electron chi connectivity index (χ2n) is 3.68. The van der Waals surface area contributed by atoms with Gasteiger partial charge in [-0.1, -0.05) is 15.9 Å². The normalized spacial score (nSPS) is 19.9. The molecule has 1 atom stereocenters. The van der Waals surface area contributed by atoms with E-state index in [9.17, 15) is 9.59 Å². The largest absolute Gasteiger partial charge is 0.357 e. The molecule has 2 heterocycles. The van der Waals surface area contributed by atoms with E-state index in [-0.39, 0.29) is 11.8 Å². The quantitative estimate of drug-likeness (QED) is 0.630. The molecule has 2 N–H and O–H groups in total. The van der Waals surface area contributed by atoms with E-state index in [2.05, 4.69) is 36.5 Å². The van der Waals surface area contributed by atoms with E-state index < -0.39 is 6.04 Å². The lowest BCUT2D eigenvalue weighted by atomic mass is 10.1. The van der Waals surface area contributed by atoms with Gasteiger partial charge in [0, 0.05) is 17.9 Å². The fourth-order valence-electron chi connectivity index (χ4n) is 1.55. The van der Waals surface area contributed by atoms with E-state index in [1.54, 1.807) is 12.4 Å². The Balaban J connectivity index is 2.05. The fraction of sp³-hybridized carbons (Fsp3) is 0.400. The van der Waals surface area contributed by atoms with Crippen LogP contribution in [0.15, 0.2) is 12.4 Å². The molecule has 7 heteroatoms. The first-order valence-electron chi connectivity index (χ1n) is 5.16. The van der Waals surface area contributed by atoms with E-state index in [0.29, 0.717) is 24.0 Å². The minimum absolute atomic E-state index is 0.228. The van der Waals surface area contributed by atoms with Crippen molar-refractivity contribution >= 4 is 33.6 Å². The summed E-state index contributed by atoms with van der Waals surface area (Å²) in [6, 6.07) is -0.424. The Labute approximate surface area is 106 Å². The van der Waals surface area contributed by atoms with Crippen LogP contribution in [0, 0.1) is 0 Å². The maximum absolute atomic E-state index is 11.5. The summed E-state index contributed by atoms with van der Waals surface area (Å²) in [5, 5.41) is 5.85. The van der Waals surface area contributed by atoms with Crippen LogP contribution in [-0.2, 0) is 14.9 Å². The van der Waals surface area contributed by atoms with Crippen LogP contribution in [0.1, 0.15) is 18.5 Å². The van der Waals surface area contributed by atoms with Crippen molar-refractivity contribution in [2.45, 2.75) is 24.2 Å². The van der Waals surface area contributed by atoms with Gasteiger partial charge in [-0.2, -0.15) is 0 Å². The SMILES string of the molecule is O=C1CCC(Nc2cncc(CBr)n2)C(=O)N1. The highest BCUT2D eigenvalue weighted by Gasteiger charge is 2.26. The molecular formula is C10H11BrN4O2. The van der Waals surface area contributed by atoms with Gasteiger partial charge in [-0.05, 0) is 6.42 Å². The van der Waals surface area contributed by atoms with Gasteiger partial charge in [0.1, 0.15) is 11.9 Å². The van der Waals surface area contributed by atoms with Crippen LogP contribution >= 0.6 is 15.9 Å². The molecule has 0 saturated carbocycles. The van der Waals surface area contributed by atoms with Crippen molar-refractivity contribution in [3.8, 4) is 0 Å². The summed E-state index contributed by atoms with van der Waals surface area (Å²) in [5.74, 6) is -0.00270. The van der Waals surface area contributed by atoms with Gasteiger partial charge in [-0.3, -0.25) is 19.9 Å². The number of carbonyl (C=O) groups excluding carboxylic acids is 2. The molecular weight excluding hydrogens is 288 g/mol. The number of hydrogen-bond donors (Lipinski definition) is 2. The molecule has 6 nitrogen and oxygen atoms in total. The van der Waals surface area contributed by atoms with Crippen molar-refractivity contribution in [1.82, 2.24) is 15.3 Å². The van der Waals surface area contributed by atoms with Gasteiger partial charge in [-0.25, -0.2) is 4.98 Å². The minimum Gasteiger partial charge on any atom is -0.357 e. The maximum atomic E-state index is 11.5.